The quantitative estimate of drug-likeness (QED) is 0.547. The Kier molecular flexibility index (Phi) is 4.34. The SMILES string of the molecule is O=c1[nH]c2ccc(Cl)cc2c(-c2ccccc2)c1S(=O)(=O)c1ccccc1. The topological polar surface area (TPSA) is 67.0 Å². The summed E-state index contributed by atoms with van der Waals surface area (Å²) < 4.78 is 26.6. The molecule has 4 rings (SSSR count). The van der Waals surface area contributed by atoms with E-state index in [1.807, 2.05) is 6.07 Å². The zero-order valence-corrected chi connectivity index (χ0v) is 15.6. The molecule has 6 heteroatoms. The van der Waals surface area contributed by atoms with E-state index in [1.165, 1.54) is 12.1 Å². The number of nitrogens with one attached hydrogen (secondary N) is 1. The molecular weight excluding hydrogens is 382 g/mol. The molecule has 0 fully saturated rings. The number of hydrogen-bond acceptors (Lipinski definition) is 3. The minimum absolute atomic E-state index is 0.0639. The van der Waals surface area contributed by atoms with Gasteiger partial charge in [-0.3, -0.25) is 4.79 Å². The fourth-order valence-corrected chi connectivity index (χ4v) is 4.83. The van der Waals surface area contributed by atoms with Gasteiger partial charge in [-0.25, -0.2) is 8.42 Å². The van der Waals surface area contributed by atoms with Crippen molar-refractivity contribution in [1.82, 2.24) is 4.98 Å². The molecule has 0 saturated carbocycles. The summed E-state index contributed by atoms with van der Waals surface area (Å²) >= 11 is 6.16. The van der Waals surface area contributed by atoms with Crippen LogP contribution in [0.5, 0.6) is 0 Å². The number of aromatic amines is 1. The lowest BCUT2D eigenvalue weighted by Gasteiger charge is -2.14. The Balaban J connectivity index is 2.19. The number of pyridine rings is 1. The summed E-state index contributed by atoms with van der Waals surface area (Å²) in [4.78, 5) is 15.3. The second kappa shape index (κ2) is 6.68. The average molecular weight is 396 g/mol. The second-order valence-corrected chi connectivity index (χ2v) is 8.35. The van der Waals surface area contributed by atoms with Crippen molar-refractivity contribution >= 4 is 32.3 Å². The zero-order chi connectivity index (χ0) is 19.0. The third-order valence-electron chi connectivity index (χ3n) is 4.32. The monoisotopic (exact) mass is 395 g/mol. The van der Waals surface area contributed by atoms with Crippen LogP contribution in [-0.4, -0.2) is 13.4 Å². The predicted molar refractivity (Wildman–Crippen MR) is 107 cm³/mol. The number of benzene rings is 3. The van der Waals surface area contributed by atoms with Crippen molar-refractivity contribution < 1.29 is 8.42 Å². The van der Waals surface area contributed by atoms with Crippen LogP contribution in [-0.2, 0) is 9.84 Å². The van der Waals surface area contributed by atoms with Crippen LogP contribution in [0.4, 0.5) is 0 Å². The summed E-state index contributed by atoms with van der Waals surface area (Å²) in [5.41, 5.74) is 0.842. The lowest BCUT2D eigenvalue weighted by atomic mass is 10.0. The maximum absolute atomic E-state index is 13.3. The molecule has 3 aromatic carbocycles. The number of halogens is 1. The number of H-pyrrole nitrogens is 1. The molecule has 0 radical (unpaired) electrons. The van der Waals surface area contributed by atoms with E-state index < -0.39 is 15.4 Å². The minimum Gasteiger partial charge on any atom is -0.321 e. The first-order valence-electron chi connectivity index (χ1n) is 8.19. The Hall–Kier alpha value is -2.89. The zero-order valence-electron chi connectivity index (χ0n) is 14.0. The van der Waals surface area contributed by atoms with Crippen LogP contribution in [0.1, 0.15) is 0 Å². The van der Waals surface area contributed by atoms with Crippen LogP contribution < -0.4 is 5.56 Å². The molecular formula is C21H14ClNO3S. The molecule has 0 atom stereocenters. The summed E-state index contributed by atoms with van der Waals surface area (Å²) in [5.74, 6) is 0. The van der Waals surface area contributed by atoms with Crippen LogP contribution in [0, 0.1) is 0 Å². The molecule has 0 aliphatic heterocycles. The van der Waals surface area contributed by atoms with E-state index in [-0.39, 0.29) is 9.79 Å². The third-order valence-corrected chi connectivity index (χ3v) is 6.37. The molecule has 4 aromatic rings. The number of aromatic nitrogens is 1. The van der Waals surface area contributed by atoms with Crippen molar-refractivity contribution in [2.75, 3.05) is 0 Å². The van der Waals surface area contributed by atoms with Crippen LogP contribution in [0.25, 0.3) is 22.0 Å². The highest BCUT2D eigenvalue weighted by Gasteiger charge is 2.27. The highest BCUT2D eigenvalue weighted by molar-refractivity contribution is 7.91. The van der Waals surface area contributed by atoms with Gasteiger partial charge in [0.2, 0.25) is 9.84 Å². The molecule has 1 aromatic heterocycles. The van der Waals surface area contributed by atoms with Crippen molar-refractivity contribution in [3.8, 4) is 11.1 Å². The van der Waals surface area contributed by atoms with Crippen molar-refractivity contribution in [1.29, 1.82) is 0 Å². The van der Waals surface area contributed by atoms with E-state index >= 15 is 0 Å². The largest absolute Gasteiger partial charge is 0.321 e. The van der Waals surface area contributed by atoms with Crippen molar-refractivity contribution in [3.05, 3.63) is 94.2 Å². The summed E-state index contributed by atoms with van der Waals surface area (Å²) in [6, 6.07) is 21.9. The molecule has 1 N–H and O–H groups in total. The lowest BCUT2D eigenvalue weighted by molar-refractivity contribution is 0.595. The Bertz CT molecular complexity index is 1300. The maximum atomic E-state index is 13.3. The second-order valence-electron chi connectivity index (χ2n) is 6.03. The van der Waals surface area contributed by atoms with E-state index in [4.69, 9.17) is 11.6 Å². The van der Waals surface area contributed by atoms with Crippen molar-refractivity contribution in [2.45, 2.75) is 9.79 Å². The highest BCUT2D eigenvalue weighted by atomic mass is 35.5. The van der Waals surface area contributed by atoms with Gasteiger partial charge in [-0.15, -0.1) is 0 Å². The average Bonchev–Trinajstić information content (AvgIpc) is 2.68. The van der Waals surface area contributed by atoms with E-state index in [2.05, 4.69) is 4.98 Å². The van der Waals surface area contributed by atoms with Crippen LogP contribution in [0.3, 0.4) is 0 Å². The molecule has 0 aliphatic rings. The van der Waals surface area contributed by atoms with Crippen LogP contribution in [0.15, 0.2) is 93.4 Å². The standard InChI is InChI=1S/C21H14ClNO3S/c22-15-11-12-18-17(13-15)19(14-7-3-1-4-8-14)20(21(24)23-18)27(25,26)16-9-5-2-6-10-16/h1-13H,(H,23,24). The van der Waals surface area contributed by atoms with Gasteiger partial charge < -0.3 is 4.98 Å². The minimum atomic E-state index is -4.04. The van der Waals surface area contributed by atoms with E-state index in [0.717, 1.165) is 0 Å². The first-order valence-corrected chi connectivity index (χ1v) is 10.1. The Labute approximate surface area is 161 Å². The van der Waals surface area contributed by atoms with E-state index in [9.17, 15) is 13.2 Å². The first kappa shape index (κ1) is 17.5. The number of sulfone groups is 1. The first-order chi connectivity index (χ1) is 13.0. The number of hydrogen-bond donors (Lipinski definition) is 1. The van der Waals surface area contributed by atoms with Crippen molar-refractivity contribution in [2.24, 2.45) is 0 Å². The fourth-order valence-electron chi connectivity index (χ4n) is 3.11. The smallest absolute Gasteiger partial charge is 0.268 e. The van der Waals surface area contributed by atoms with E-state index in [0.29, 0.717) is 27.1 Å². The van der Waals surface area contributed by atoms with Gasteiger partial charge in [-0.1, -0.05) is 60.1 Å². The molecule has 0 unspecified atom stereocenters. The molecule has 0 amide bonds. The normalized spacial score (nSPS) is 11.6. The molecule has 1 heterocycles. The molecule has 0 bridgehead atoms. The van der Waals surface area contributed by atoms with Crippen LogP contribution >= 0.6 is 11.6 Å². The molecule has 134 valence electrons. The van der Waals surface area contributed by atoms with Gasteiger partial charge in [0, 0.05) is 21.5 Å². The van der Waals surface area contributed by atoms with Gasteiger partial charge >= 0.3 is 0 Å². The summed E-state index contributed by atoms with van der Waals surface area (Å²) in [5, 5.41) is 1.03. The maximum Gasteiger partial charge on any atom is 0.268 e. The van der Waals surface area contributed by atoms with Gasteiger partial charge in [0.25, 0.3) is 5.56 Å². The van der Waals surface area contributed by atoms with Gasteiger partial charge in [0.15, 0.2) is 0 Å². The fraction of sp³-hybridized carbons (Fsp3) is 0. The van der Waals surface area contributed by atoms with Gasteiger partial charge in [-0.05, 0) is 35.9 Å². The van der Waals surface area contributed by atoms with E-state index in [1.54, 1.807) is 60.7 Å². The van der Waals surface area contributed by atoms with Crippen LogP contribution in [0.2, 0.25) is 5.02 Å². The van der Waals surface area contributed by atoms with Crippen molar-refractivity contribution in [3.63, 3.8) is 0 Å². The Morgan fingerprint density at radius 3 is 2.11 bits per heavy atom. The molecule has 0 saturated heterocycles. The molecule has 0 spiro atoms. The molecule has 27 heavy (non-hydrogen) atoms. The summed E-state index contributed by atoms with van der Waals surface area (Å²) in [7, 11) is -4.04. The molecule has 0 aliphatic carbocycles. The number of rotatable bonds is 3. The van der Waals surface area contributed by atoms with Gasteiger partial charge in [-0.2, -0.15) is 0 Å². The third kappa shape index (κ3) is 3.05. The summed E-state index contributed by atoms with van der Waals surface area (Å²) in [6.45, 7) is 0. The predicted octanol–water partition coefficient (Wildman–Crippen LogP) is 4.68. The summed E-state index contributed by atoms with van der Waals surface area (Å²) in [6.07, 6.45) is 0. The highest BCUT2D eigenvalue weighted by Crippen LogP contribution is 2.35. The lowest BCUT2D eigenvalue weighted by Crippen LogP contribution is -2.19. The van der Waals surface area contributed by atoms with Gasteiger partial charge in [0.1, 0.15) is 4.90 Å². The Morgan fingerprint density at radius 1 is 0.815 bits per heavy atom. The molecule has 4 nitrogen and oxygen atoms in total. The Morgan fingerprint density at radius 2 is 1.44 bits per heavy atom. The number of fused-ring (bicyclic) bond motifs is 1. The van der Waals surface area contributed by atoms with Gasteiger partial charge in [0.05, 0.1) is 4.90 Å².